The van der Waals surface area contributed by atoms with E-state index in [1.54, 1.807) is 12.5 Å². The lowest BCUT2D eigenvalue weighted by Crippen LogP contribution is -3.11. The highest BCUT2D eigenvalue weighted by Crippen LogP contribution is 2.16. The molecule has 0 aromatic carbocycles. The van der Waals surface area contributed by atoms with Crippen LogP contribution in [0.3, 0.4) is 0 Å². The van der Waals surface area contributed by atoms with Crippen molar-refractivity contribution in [3.8, 4) is 0 Å². The summed E-state index contributed by atoms with van der Waals surface area (Å²) >= 11 is 5.32. The van der Waals surface area contributed by atoms with Crippen LogP contribution in [0.15, 0.2) is 50.4 Å². The topological polar surface area (TPSA) is 80.5 Å². The highest BCUT2D eigenvalue weighted by Gasteiger charge is 2.25. The molecule has 1 unspecified atom stereocenters. The zero-order chi connectivity index (χ0) is 16.5. The standard InChI is InChI=1S/C16H16N4O3S/c21-15-13-9-19(7-11-3-1-5-22-11)10-17-14(13)20(16(24)18-15)8-12-4-2-6-23-12/h1-6,17H,7-10H2,(H,18,21,24)/p+1. The fourth-order valence-electron chi connectivity index (χ4n) is 2.99. The molecule has 0 amide bonds. The van der Waals surface area contributed by atoms with Crippen molar-refractivity contribution in [2.24, 2.45) is 0 Å². The summed E-state index contributed by atoms with van der Waals surface area (Å²) in [6, 6.07) is 7.53. The van der Waals surface area contributed by atoms with Gasteiger partial charge in [-0.3, -0.25) is 14.3 Å². The number of hydrogen-bond acceptors (Lipinski definition) is 5. The molecule has 0 spiro atoms. The lowest BCUT2D eigenvalue weighted by Gasteiger charge is -2.27. The van der Waals surface area contributed by atoms with Crippen LogP contribution >= 0.6 is 12.2 Å². The van der Waals surface area contributed by atoms with Gasteiger partial charge in [0.2, 0.25) is 0 Å². The largest absolute Gasteiger partial charge is 0.467 e. The Hall–Kier alpha value is -2.58. The summed E-state index contributed by atoms with van der Waals surface area (Å²) in [4.78, 5) is 16.3. The summed E-state index contributed by atoms with van der Waals surface area (Å²) < 4.78 is 13.1. The summed E-state index contributed by atoms with van der Waals surface area (Å²) in [7, 11) is 0. The second-order valence-corrected chi connectivity index (χ2v) is 6.18. The van der Waals surface area contributed by atoms with Gasteiger partial charge in [0.25, 0.3) is 5.56 Å². The Labute approximate surface area is 142 Å². The predicted molar refractivity (Wildman–Crippen MR) is 89.3 cm³/mol. The quantitative estimate of drug-likeness (QED) is 0.617. The summed E-state index contributed by atoms with van der Waals surface area (Å²) in [6.45, 7) is 2.48. The molecule has 0 saturated carbocycles. The molecular weight excluding hydrogens is 328 g/mol. The van der Waals surface area contributed by atoms with Gasteiger partial charge in [0.1, 0.15) is 30.2 Å². The van der Waals surface area contributed by atoms with Crippen LogP contribution in [0, 0.1) is 4.77 Å². The second-order valence-electron chi connectivity index (χ2n) is 5.79. The van der Waals surface area contributed by atoms with Gasteiger partial charge < -0.3 is 19.1 Å². The third kappa shape index (κ3) is 2.81. The molecule has 0 aliphatic carbocycles. The summed E-state index contributed by atoms with van der Waals surface area (Å²) in [6.07, 6.45) is 3.29. The fourth-order valence-corrected chi connectivity index (χ4v) is 3.24. The van der Waals surface area contributed by atoms with Crippen LogP contribution < -0.4 is 15.8 Å². The number of H-pyrrole nitrogens is 1. The van der Waals surface area contributed by atoms with Crippen molar-refractivity contribution in [3.63, 3.8) is 0 Å². The summed E-state index contributed by atoms with van der Waals surface area (Å²) in [5.41, 5.74) is 0.554. The zero-order valence-corrected chi connectivity index (χ0v) is 13.7. The van der Waals surface area contributed by atoms with Crippen LogP contribution in [-0.4, -0.2) is 16.2 Å². The number of aromatic nitrogens is 2. The number of hydrogen-bond donors (Lipinski definition) is 3. The Kier molecular flexibility index (Phi) is 3.83. The zero-order valence-electron chi connectivity index (χ0n) is 12.9. The molecule has 3 aromatic heterocycles. The van der Waals surface area contributed by atoms with Crippen molar-refractivity contribution in [1.29, 1.82) is 0 Å². The highest BCUT2D eigenvalue weighted by molar-refractivity contribution is 7.71. The SMILES string of the molecule is O=c1[nH]c(=S)n(Cc2ccco2)c2c1C[NH+](Cc1ccco1)CN2. The van der Waals surface area contributed by atoms with Crippen LogP contribution in [0.25, 0.3) is 0 Å². The molecule has 0 saturated heterocycles. The van der Waals surface area contributed by atoms with Gasteiger partial charge in [-0.2, -0.15) is 0 Å². The Morgan fingerprint density at radius 1 is 1.21 bits per heavy atom. The number of nitrogens with one attached hydrogen (secondary N) is 3. The maximum absolute atomic E-state index is 12.4. The first-order valence-corrected chi connectivity index (χ1v) is 8.10. The van der Waals surface area contributed by atoms with Crippen LogP contribution in [0.5, 0.6) is 0 Å². The maximum atomic E-state index is 12.4. The number of fused-ring (bicyclic) bond motifs is 1. The van der Waals surface area contributed by atoms with Gasteiger partial charge in [0.05, 0.1) is 19.1 Å². The van der Waals surface area contributed by atoms with Crippen molar-refractivity contribution in [1.82, 2.24) is 9.55 Å². The van der Waals surface area contributed by atoms with E-state index >= 15 is 0 Å². The summed E-state index contributed by atoms with van der Waals surface area (Å²) in [5.74, 6) is 2.45. The van der Waals surface area contributed by atoms with E-state index in [1.807, 2.05) is 28.8 Å². The van der Waals surface area contributed by atoms with Crippen molar-refractivity contribution in [2.45, 2.75) is 19.6 Å². The van der Waals surface area contributed by atoms with Crippen molar-refractivity contribution >= 4 is 18.0 Å². The molecule has 1 aliphatic heterocycles. The first-order chi connectivity index (χ1) is 11.7. The van der Waals surface area contributed by atoms with Crippen LogP contribution in [0.2, 0.25) is 0 Å². The molecule has 0 bridgehead atoms. The number of rotatable bonds is 4. The Balaban J connectivity index is 1.66. The van der Waals surface area contributed by atoms with Crippen molar-refractivity contribution in [3.05, 3.63) is 69.0 Å². The van der Waals surface area contributed by atoms with Crippen LogP contribution in [0.1, 0.15) is 17.1 Å². The molecule has 3 N–H and O–H groups in total. The van der Waals surface area contributed by atoms with E-state index in [0.29, 0.717) is 36.6 Å². The Morgan fingerprint density at radius 3 is 2.67 bits per heavy atom. The number of anilines is 1. The molecule has 7 nitrogen and oxygen atoms in total. The third-order valence-corrected chi connectivity index (χ3v) is 4.45. The Morgan fingerprint density at radius 2 is 1.96 bits per heavy atom. The smallest absolute Gasteiger partial charge is 0.262 e. The number of quaternary nitrogens is 1. The van der Waals surface area contributed by atoms with Crippen molar-refractivity contribution in [2.75, 3.05) is 12.0 Å². The van der Waals surface area contributed by atoms with Gasteiger partial charge in [-0.15, -0.1) is 0 Å². The number of nitrogens with zero attached hydrogens (tertiary/aromatic N) is 1. The van der Waals surface area contributed by atoms with E-state index in [0.717, 1.165) is 17.3 Å². The van der Waals surface area contributed by atoms with Gasteiger partial charge in [-0.05, 0) is 36.5 Å². The lowest BCUT2D eigenvalue weighted by molar-refractivity contribution is -0.926. The van der Waals surface area contributed by atoms with E-state index in [-0.39, 0.29) is 5.56 Å². The lowest BCUT2D eigenvalue weighted by atomic mass is 10.2. The minimum absolute atomic E-state index is 0.144. The average Bonchev–Trinajstić information content (AvgIpc) is 3.25. The van der Waals surface area contributed by atoms with Gasteiger partial charge in [-0.1, -0.05) is 0 Å². The number of furan rings is 2. The maximum Gasteiger partial charge on any atom is 0.262 e. The molecular formula is C16H17N4O3S+. The second kappa shape index (κ2) is 6.14. The van der Waals surface area contributed by atoms with Gasteiger partial charge in [0, 0.05) is 0 Å². The third-order valence-electron chi connectivity index (χ3n) is 4.13. The van der Waals surface area contributed by atoms with Crippen LogP contribution in [0.4, 0.5) is 5.82 Å². The molecule has 8 heteroatoms. The van der Waals surface area contributed by atoms with Gasteiger partial charge in [0.15, 0.2) is 17.2 Å². The molecule has 124 valence electrons. The molecule has 4 rings (SSSR count). The molecule has 1 atom stereocenters. The molecule has 0 radical (unpaired) electrons. The average molecular weight is 345 g/mol. The van der Waals surface area contributed by atoms with E-state index in [9.17, 15) is 4.79 Å². The first-order valence-electron chi connectivity index (χ1n) is 7.69. The minimum atomic E-state index is -0.144. The Bertz CT molecular complexity index is 941. The van der Waals surface area contributed by atoms with E-state index in [2.05, 4.69) is 10.3 Å². The van der Waals surface area contributed by atoms with E-state index in [4.69, 9.17) is 21.1 Å². The van der Waals surface area contributed by atoms with Crippen LogP contribution in [-0.2, 0) is 19.6 Å². The monoisotopic (exact) mass is 345 g/mol. The van der Waals surface area contributed by atoms with E-state index < -0.39 is 0 Å². The molecule has 3 aromatic rings. The normalized spacial score (nSPS) is 16.6. The molecule has 4 heterocycles. The van der Waals surface area contributed by atoms with Gasteiger partial charge in [-0.25, -0.2) is 0 Å². The molecule has 1 aliphatic rings. The molecule has 0 fully saturated rings. The van der Waals surface area contributed by atoms with Gasteiger partial charge >= 0.3 is 0 Å². The minimum Gasteiger partial charge on any atom is -0.467 e. The predicted octanol–water partition coefficient (Wildman–Crippen LogP) is 1.11. The number of aromatic amines is 1. The fraction of sp³-hybridized carbons (Fsp3) is 0.250. The van der Waals surface area contributed by atoms with Crippen molar-refractivity contribution < 1.29 is 13.7 Å². The summed E-state index contributed by atoms with van der Waals surface area (Å²) in [5, 5.41) is 3.34. The first kappa shape index (κ1) is 15.0. The van der Waals surface area contributed by atoms with E-state index in [1.165, 1.54) is 4.90 Å². The highest BCUT2D eigenvalue weighted by atomic mass is 32.1. The molecule has 24 heavy (non-hydrogen) atoms.